The first kappa shape index (κ1) is 13.9. The van der Waals surface area contributed by atoms with Crippen LogP contribution in [0.25, 0.3) is 0 Å². The summed E-state index contributed by atoms with van der Waals surface area (Å²) in [7, 11) is 1.39. The molecule has 7 nitrogen and oxygen atoms in total. The first-order valence-electron chi connectivity index (χ1n) is 5.22. The SMILES string of the molecule is COc1cnccc1C(=O)N[C@@H](CCO)C(=O)O. The Labute approximate surface area is 103 Å². The summed E-state index contributed by atoms with van der Waals surface area (Å²) in [6.07, 6.45) is 2.70. The van der Waals surface area contributed by atoms with Crippen molar-refractivity contribution in [3.63, 3.8) is 0 Å². The third-order valence-electron chi connectivity index (χ3n) is 2.27. The molecule has 3 N–H and O–H groups in total. The van der Waals surface area contributed by atoms with Crippen LogP contribution in [-0.2, 0) is 4.79 Å². The molecule has 0 spiro atoms. The van der Waals surface area contributed by atoms with Gasteiger partial charge in [-0.15, -0.1) is 0 Å². The van der Waals surface area contributed by atoms with Crippen LogP contribution in [0.5, 0.6) is 5.75 Å². The van der Waals surface area contributed by atoms with Crippen molar-refractivity contribution >= 4 is 11.9 Å². The summed E-state index contributed by atoms with van der Waals surface area (Å²) in [6, 6.07) is 0.284. The molecule has 18 heavy (non-hydrogen) atoms. The fraction of sp³-hybridized carbons (Fsp3) is 0.364. The molecule has 0 saturated carbocycles. The monoisotopic (exact) mass is 254 g/mol. The molecule has 98 valence electrons. The van der Waals surface area contributed by atoms with Crippen LogP contribution in [0.4, 0.5) is 0 Å². The van der Waals surface area contributed by atoms with Gasteiger partial charge in [-0.25, -0.2) is 4.79 Å². The third kappa shape index (κ3) is 3.42. The van der Waals surface area contributed by atoms with Crippen molar-refractivity contribution in [3.8, 4) is 5.75 Å². The number of hydrogen-bond acceptors (Lipinski definition) is 5. The summed E-state index contributed by atoms with van der Waals surface area (Å²) in [6.45, 7) is -0.329. The van der Waals surface area contributed by atoms with Gasteiger partial charge in [0.05, 0.1) is 18.9 Å². The van der Waals surface area contributed by atoms with E-state index in [1.54, 1.807) is 0 Å². The predicted molar refractivity (Wildman–Crippen MR) is 61.4 cm³/mol. The first-order chi connectivity index (χ1) is 8.60. The number of aliphatic carboxylic acids is 1. The van der Waals surface area contributed by atoms with Crippen molar-refractivity contribution in [1.29, 1.82) is 0 Å². The van der Waals surface area contributed by atoms with Gasteiger partial charge < -0.3 is 20.3 Å². The van der Waals surface area contributed by atoms with Gasteiger partial charge in [0.25, 0.3) is 5.91 Å². The minimum atomic E-state index is -1.20. The number of aromatic nitrogens is 1. The Morgan fingerprint density at radius 2 is 2.28 bits per heavy atom. The Bertz CT molecular complexity index is 435. The van der Waals surface area contributed by atoms with E-state index in [0.29, 0.717) is 0 Å². The first-order valence-corrected chi connectivity index (χ1v) is 5.22. The van der Waals surface area contributed by atoms with Crippen molar-refractivity contribution in [2.24, 2.45) is 0 Å². The lowest BCUT2D eigenvalue weighted by Crippen LogP contribution is -2.41. The summed E-state index contributed by atoms with van der Waals surface area (Å²) < 4.78 is 4.95. The van der Waals surface area contributed by atoms with Gasteiger partial charge in [-0.3, -0.25) is 9.78 Å². The van der Waals surface area contributed by atoms with Gasteiger partial charge in [-0.1, -0.05) is 0 Å². The molecule has 0 aliphatic carbocycles. The molecule has 0 aliphatic rings. The molecule has 7 heteroatoms. The zero-order valence-electron chi connectivity index (χ0n) is 9.79. The highest BCUT2D eigenvalue weighted by atomic mass is 16.5. The second-order valence-corrected chi connectivity index (χ2v) is 3.45. The standard InChI is InChI=1S/C11H14N2O5/c1-18-9-6-12-4-2-7(9)10(15)13-8(3-5-14)11(16)17/h2,4,6,8,14H,3,5H2,1H3,(H,13,15)(H,16,17)/t8-/m0/s1. The molecular weight excluding hydrogens is 240 g/mol. The van der Waals surface area contributed by atoms with Crippen LogP contribution in [0.15, 0.2) is 18.5 Å². The van der Waals surface area contributed by atoms with E-state index in [9.17, 15) is 9.59 Å². The lowest BCUT2D eigenvalue weighted by atomic mass is 10.1. The van der Waals surface area contributed by atoms with Crippen molar-refractivity contribution < 1.29 is 24.5 Å². The molecule has 0 radical (unpaired) electrons. The molecule has 0 saturated heterocycles. The van der Waals surface area contributed by atoms with Gasteiger partial charge >= 0.3 is 5.97 Å². The van der Waals surface area contributed by atoms with Gasteiger partial charge in [-0.2, -0.15) is 0 Å². The fourth-order valence-electron chi connectivity index (χ4n) is 1.35. The number of nitrogens with zero attached hydrogens (tertiary/aromatic N) is 1. The number of pyridine rings is 1. The number of nitrogens with one attached hydrogen (secondary N) is 1. The molecule has 0 aromatic carbocycles. The number of ether oxygens (including phenoxy) is 1. The quantitative estimate of drug-likeness (QED) is 0.640. The number of aliphatic hydroxyl groups is 1. The Hall–Kier alpha value is -2.15. The molecule has 1 rings (SSSR count). The number of carbonyl (C=O) groups is 2. The highest BCUT2D eigenvalue weighted by Crippen LogP contribution is 2.15. The summed E-state index contributed by atoms with van der Waals surface area (Å²) >= 11 is 0. The van der Waals surface area contributed by atoms with Crippen molar-refractivity contribution in [2.75, 3.05) is 13.7 Å². The van der Waals surface area contributed by atoms with E-state index >= 15 is 0 Å². The number of hydrogen-bond donors (Lipinski definition) is 3. The van der Waals surface area contributed by atoms with Crippen molar-refractivity contribution in [2.45, 2.75) is 12.5 Å². The molecule has 0 unspecified atom stereocenters. The minimum absolute atomic E-state index is 0.0610. The normalized spacial score (nSPS) is 11.7. The maximum absolute atomic E-state index is 11.9. The molecule has 0 aliphatic heterocycles. The number of rotatable bonds is 6. The van der Waals surface area contributed by atoms with Gasteiger partial charge in [0, 0.05) is 19.2 Å². The van der Waals surface area contributed by atoms with Gasteiger partial charge in [0.15, 0.2) is 0 Å². The number of carboxylic acids is 1. The molecule has 0 bridgehead atoms. The molecule has 0 fully saturated rings. The van der Waals surface area contributed by atoms with Crippen molar-refractivity contribution in [1.82, 2.24) is 10.3 Å². The number of amides is 1. The summed E-state index contributed by atoms with van der Waals surface area (Å²) in [4.78, 5) is 26.5. The minimum Gasteiger partial charge on any atom is -0.494 e. The summed E-state index contributed by atoms with van der Waals surface area (Å²) in [5, 5.41) is 19.9. The molecular formula is C11H14N2O5. The van der Waals surface area contributed by atoms with Crippen LogP contribution in [0.3, 0.4) is 0 Å². The largest absolute Gasteiger partial charge is 0.494 e. The van der Waals surface area contributed by atoms with E-state index < -0.39 is 17.9 Å². The summed E-state index contributed by atoms with van der Waals surface area (Å²) in [5.41, 5.74) is 0.191. The number of methoxy groups -OCH3 is 1. The van der Waals surface area contributed by atoms with Crippen LogP contribution in [0, 0.1) is 0 Å². The number of aliphatic hydroxyl groups excluding tert-OH is 1. The summed E-state index contributed by atoms with van der Waals surface area (Å²) in [5.74, 6) is -1.54. The van der Waals surface area contributed by atoms with E-state index in [2.05, 4.69) is 10.3 Å². The van der Waals surface area contributed by atoms with Crippen LogP contribution in [0.2, 0.25) is 0 Å². The molecule has 1 amide bonds. The van der Waals surface area contributed by atoms with E-state index in [4.69, 9.17) is 14.9 Å². The Balaban J connectivity index is 2.83. The number of carboxylic acid groups (broad SMARTS) is 1. The van der Waals surface area contributed by atoms with E-state index in [0.717, 1.165) is 0 Å². The highest BCUT2D eigenvalue weighted by Gasteiger charge is 2.21. The van der Waals surface area contributed by atoms with Gasteiger partial charge in [0.1, 0.15) is 11.8 Å². The van der Waals surface area contributed by atoms with Crippen LogP contribution < -0.4 is 10.1 Å². The van der Waals surface area contributed by atoms with E-state index in [1.807, 2.05) is 0 Å². The average molecular weight is 254 g/mol. The van der Waals surface area contributed by atoms with Crippen LogP contribution in [-0.4, -0.2) is 46.8 Å². The van der Waals surface area contributed by atoms with E-state index in [1.165, 1.54) is 25.6 Å². The Morgan fingerprint density at radius 1 is 1.56 bits per heavy atom. The molecule has 1 atom stereocenters. The van der Waals surface area contributed by atoms with Crippen LogP contribution >= 0.6 is 0 Å². The molecule has 1 aromatic heterocycles. The predicted octanol–water partition coefficient (Wildman–Crippen LogP) is -0.344. The third-order valence-corrected chi connectivity index (χ3v) is 2.27. The average Bonchev–Trinajstić information content (AvgIpc) is 2.37. The maximum atomic E-state index is 11.9. The van der Waals surface area contributed by atoms with Crippen molar-refractivity contribution in [3.05, 3.63) is 24.0 Å². The van der Waals surface area contributed by atoms with Gasteiger partial charge in [0.2, 0.25) is 0 Å². The second-order valence-electron chi connectivity index (χ2n) is 3.45. The van der Waals surface area contributed by atoms with Crippen LogP contribution in [0.1, 0.15) is 16.8 Å². The zero-order valence-corrected chi connectivity index (χ0v) is 9.79. The van der Waals surface area contributed by atoms with Gasteiger partial charge in [-0.05, 0) is 6.07 Å². The lowest BCUT2D eigenvalue weighted by Gasteiger charge is -2.14. The lowest BCUT2D eigenvalue weighted by molar-refractivity contribution is -0.139. The number of carbonyl (C=O) groups excluding carboxylic acids is 1. The molecule has 1 heterocycles. The Morgan fingerprint density at radius 3 is 2.83 bits per heavy atom. The zero-order chi connectivity index (χ0) is 13.5. The Kier molecular flexibility index (Phi) is 5.06. The smallest absolute Gasteiger partial charge is 0.326 e. The van der Waals surface area contributed by atoms with E-state index in [-0.39, 0.29) is 24.3 Å². The topological polar surface area (TPSA) is 109 Å². The molecule has 1 aromatic rings. The maximum Gasteiger partial charge on any atom is 0.326 e. The fourth-order valence-corrected chi connectivity index (χ4v) is 1.35. The highest BCUT2D eigenvalue weighted by molar-refractivity contribution is 5.98. The second kappa shape index (κ2) is 6.55.